The molecule has 4 unspecified atom stereocenters. The standard InChI is InChI=1S/C73H108O12/c1-65(2,3)49-25-45(26-50(37-49)66(4,5)6)33-57(74)61(78)82-41-73(42-83-62(79)58(75)34-46-27-51(67(7,8)9)38-52(28-46)68(10,11)12,43-84-63(80)59(76)35-47-29-53(69(13,14)15)39-54(30-47)70(16,17)18)44-85-64(81)60(77)36-48-31-55(71(19,20)21)40-56(32-48)72(22,23)24/h25-32,37-40,57-60,74-77H,33-36,41-44H2,1-24H3. The fourth-order valence-corrected chi connectivity index (χ4v) is 9.46. The second kappa shape index (κ2) is 26.9. The summed E-state index contributed by atoms with van der Waals surface area (Å²) in [6.45, 7) is 47.0. The van der Waals surface area contributed by atoms with Crippen LogP contribution in [0.5, 0.6) is 0 Å². The van der Waals surface area contributed by atoms with Gasteiger partial charge in [0.05, 0.1) is 0 Å². The summed E-state index contributed by atoms with van der Waals surface area (Å²) in [6, 6.07) is 24.1. The van der Waals surface area contributed by atoms with Crippen molar-refractivity contribution >= 4 is 23.9 Å². The van der Waals surface area contributed by atoms with E-state index < -0.39 is 80.1 Å². The minimum atomic E-state index is -1.94. The summed E-state index contributed by atoms with van der Waals surface area (Å²) in [5, 5.41) is 46.5. The van der Waals surface area contributed by atoms with Crippen LogP contribution >= 0.6 is 0 Å². The molecular formula is C73H108O12. The molecule has 0 aliphatic carbocycles. The lowest BCUT2D eigenvalue weighted by Gasteiger charge is -2.33. The average Bonchev–Trinajstić information content (AvgIpc) is 2.87. The molecule has 4 atom stereocenters. The van der Waals surface area contributed by atoms with Crippen LogP contribution in [0.1, 0.15) is 233 Å². The van der Waals surface area contributed by atoms with E-state index in [4.69, 9.17) is 18.9 Å². The molecule has 0 saturated carbocycles. The van der Waals surface area contributed by atoms with Gasteiger partial charge in [0.15, 0.2) is 24.4 Å². The molecule has 12 nitrogen and oxygen atoms in total. The van der Waals surface area contributed by atoms with Gasteiger partial charge in [-0.1, -0.05) is 239 Å². The Morgan fingerprint density at radius 2 is 0.400 bits per heavy atom. The van der Waals surface area contributed by atoms with Crippen molar-refractivity contribution in [2.45, 2.75) is 260 Å². The first-order valence-corrected chi connectivity index (χ1v) is 30.4. The smallest absolute Gasteiger partial charge is 0.335 e. The zero-order valence-corrected chi connectivity index (χ0v) is 56.4. The van der Waals surface area contributed by atoms with Gasteiger partial charge in [-0.05, 0) is 110 Å². The normalized spacial score (nSPS) is 15.3. The number of aliphatic hydroxyl groups is 4. The number of aliphatic hydroxyl groups excluding tert-OH is 4. The molecule has 0 aliphatic rings. The highest BCUT2D eigenvalue weighted by atomic mass is 16.6. The monoisotopic (exact) mass is 1180 g/mol. The predicted octanol–water partition coefficient (Wildman–Crippen LogP) is 12.9. The van der Waals surface area contributed by atoms with Gasteiger partial charge >= 0.3 is 23.9 Å². The molecule has 4 N–H and O–H groups in total. The number of benzene rings is 4. The molecule has 0 saturated heterocycles. The highest BCUT2D eigenvalue weighted by Crippen LogP contribution is 2.36. The Balaban J connectivity index is 1.81. The van der Waals surface area contributed by atoms with Crippen molar-refractivity contribution in [1.82, 2.24) is 0 Å². The van der Waals surface area contributed by atoms with Gasteiger partial charge in [-0.25, -0.2) is 19.2 Å². The number of esters is 4. The van der Waals surface area contributed by atoms with Gasteiger partial charge in [0, 0.05) is 25.7 Å². The fraction of sp³-hybridized carbons (Fsp3) is 0.616. The number of rotatable bonds is 20. The Labute approximate surface area is 511 Å². The third-order valence-electron chi connectivity index (χ3n) is 15.8. The molecule has 0 radical (unpaired) electrons. The van der Waals surface area contributed by atoms with Crippen LogP contribution in [0.25, 0.3) is 0 Å². The van der Waals surface area contributed by atoms with E-state index in [9.17, 15) is 39.6 Å². The summed E-state index contributed by atoms with van der Waals surface area (Å²) >= 11 is 0. The van der Waals surface area contributed by atoms with Crippen LogP contribution in [0.2, 0.25) is 0 Å². The van der Waals surface area contributed by atoms with Crippen molar-refractivity contribution in [3.63, 3.8) is 0 Å². The van der Waals surface area contributed by atoms with E-state index in [0.717, 1.165) is 44.5 Å². The van der Waals surface area contributed by atoms with E-state index in [1.807, 2.05) is 48.5 Å². The lowest BCUT2D eigenvalue weighted by molar-refractivity contribution is -0.181. The number of hydrogen-bond donors (Lipinski definition) is 4. The summed E-state index contributed by atoms with van der Waals surface area (Å²) in [7, 11) is 0. The van der Waals surface area contributed by atoms with E-state index in [0.29, 0.717) is 22.3 Å². The van der Waals surface area contributed by atoms with Crippen LogP contribution < -0.4 is 0 Å². The van der Waals surface area contributed by atoms with Gasteiger partial charge in [0.25, 0.3) is 0 Å². The lowest BCUT2D eigenvalue weighted by atomic mass is 9.79. The molecule has 0 aliphatic heterocycles. The molecule has 0 fully saturated rings. The molecule has 4 rings (SSSR count). The summed E-state index contributed by atoms with van der Waals surface area (Å²) < 4.78 is 23.7. The number of carbonyl (C=O) groups excluding carboxylic acids is 4. The van der Waals surface area contributed by atoms with Gasteiger partial charge in [0.2, 0.25) is 0 Å². The van der Waals surface area contributed by atoms with Crippen molar-refractivity contribution in [3.8, 4) is 0 Å². The van der Waals surface area contributed by atoms with Crippen LogP contribution in [0, 0.1) is 5.41 Å². The van der Waals surface area contributed by atoms with Crippen LogP contribution in [-0.4, -0.2) is 95.1 Å². The maximum atomic E-state index is 14.2. The van der Waals surface area contributed by atoms with Gasteiger partial charge in [-0.15, -0.1) is 0 Å². The highest BCUT2D eigenvalue weighted by molar-refractivity contribution is 5.77. The molecule has 0 spiro atoms. The minimum absolute atomic E-state index is 0.129. The summed E-state index contributed by atoms with van der Waals surface area (Å²) in [5.41, 5.74) is 6.83. The third kappa shape index (κ3) is 21.5. The van der Waals surface area contributed by atoms with Crippen molar-refractivity contribution in [1.29, 1.82) is 0 Å². The largest absolute Gasteiger partial charge is 0.463 e. The predicted molar refractivity (Wildman–Crippen MR) is 340 cm³/mol. The first-order valence-electron chi connectivity index (χ1n) is 30.4. The number of hydrogen-bond acceptors (Lipinski definition) is 12. The van der Waals surface area contributed by atoms with Crippen LogP contribution in [-0.2, 0) is 107 Å². The van der Waals surface area contributed by atoms with Crippen LogP contribution in [0.4, 0.5) is 0 Å². The molecule has 4 aromatic rings. The zero-order chi connectivity index (χ0) is 65.0. The zero-order valence-electron chi connectivity index (χ0n) is 56.4. The first-order chi connectivity index (χ1) is 38.4. The molecule has 0 aromatic heterocycles. The van der Waals surface area contributed by atoms with E-state index in [1.54, 1.807) is 0 Å². The second-order valence-electron chi connectivity index (χ2n) is 32.5. The van der Waals surface area contributed by atoms with Crippen molar-refractivity contribution in [2.24, 2.45) is 5.41 Å². The van der Waals surface area contributed by atoms with Gasteiger partial charge in [-0.3, -0.25) is 0 Å². The van der Waals surface area contributed by atoms with E-state index in [1.165, 1.54) is 0 Å². The van der Waals surface area contributed by atoms with Crippen LogP contribution in [0.15, 0.2) is 72.8 Å². The van der Waals surface area contributed by atoms with E-state index >= 15 is 0 Å². The molecular weight excluding hydrogens is 1070 g/mol. The molecule has 472 valence electrons. The minimum Gasteiger partial charge on any atom is -0.463 e. The number of ether oxygens (including phenoxy) is 4. The quantitative estimate of drug-likeness (QED) is 0.0485. The summed E-state index contributed by atoms with van der Waals surface area (Å²) in [6.07, 6.45) is -7.33. The summed E-state index contributed by atoms with van der Waals surface area (Å²) in [5.74, 6) is -4.27. The molecule has 0 amide bonds. The lowest BCUT2D eigenvalue weighted by Crippen LogP contribution is -2.47. The Morgan fingerprint density at radius 3 is 0.518 bits per heavy atom. The van der Waals surface area contributed by atoms with Gasteiger partial charge < -0.3 is 39.4 Å². The third-order valence-corrected chi connectivity index (χ3v) is 15.8. The second-order valence-corrected chi connectivity index (χ2v) is 32.5. The summed E-state index contributed by atoms with van der Waals surface area (Å²) in [4.78, 5) is 56.7. The molecule has 85 heavy (non-hydrogen) atoms. The molecule has 0 heterocycles. The SMILES string of the molecule is CC(C)(C)c1cc(CC(O)C(=O)OCC(COC(=O)C(O)Cc2cc(C(C)(C)C)cc(C(C)(C)C)c2)(COC(=O)C(O)Cc2cc(C(C)(C)C)cc(C(C)(C)C)c2)COC(=O)C(O)Cc2cc(C(C)(C)C)cc(C(C)(C)C)c2)cc(C(C)(C)C)c1. The van der Waals surface area contributed by atoms with Crippen molar-refractivity contribution in [3.05, 3.63) is 140 Å². The average molecular weight is 1180 g/mol. The molecule has 0 bridgehead atoms. The Kier molecular flexibility index (Phi) is 22.8. The topological polar surface area (TPSA) is 186 Å². The Hall–Kier alpha value is -5.40. The Morgan fingerprint density at radius 1 is 0.271 bits per heavy atom. The van der Waals surface area contributed by atoms with Crippen molar-refractivity contribution in [2.75, 3.05) is 26.4 Å². The Bertz CT molecular complexity index is 2430. The number of carbonyl (C=O) groups is 4. The maximum Gasteiger partial charge on any atom is 0.335 e. The van der Waals surface area contributed by atoms with E-state index in [2.05, 4.69) is 190 Å². The van der Waals surface area contributed by atoms with Crippen molar-refractivity contribution < 1.29 is 58.6 Å². The fourth-order valence-electron chi connectivity index (χ4n) is 9.46. The van der Waals surface area contributed by atoms with Gasteiger partial charge in [-0.2, -0.15) is 0 Å². The molecule has 4 aromatic carbocycles. The first kappa shape index (κ1) is 72.1. The highest BCUT2D eigenvalue weighted by Gasteiger charge is 2.41. The maximum absolute atomic E-state index is 14.2. The van der Waals surface area contributed by atoms with E-state index in [-0.39, 0.29) is 69.0 Å². The van der Waals surface area contributed by atoms with Crippen LogP contribution in [0.3, 0.4) is 0 Å². The van der Waals surface area contributed by atoms with Gasteiger partial charge in [0.1, 0.15) is 31.8 Å². The molecule has 12 heteroatoms.